The highest BCUT2D eigenvalue weighted by Gasteiger charge is 2.53. The lowest BCUT2D eigenvalue weighted by molar-refractivity contribution is -0.141. The second-order valence-electron chi connectivity index (χ2n) is 7.86. The zero-order chi connectivity index (χ0) is 21.7. The average Bonchev–Trinajstić information content (AvgIpc) is 2.96. The molecule has 0 bridgehead atoms. The van der Waals surface area contributed by atoms with Crippen molar-refractivity contribution in [1.82, 2.24) is 9.80 Å². The van der Waals surface area contributed by atoms with Gasteiger partial charge in [0.1, 0.15) is 5.82 Å². The number of carbonyl (C=O) groups excluding carboxylic acids is 3. The van der Waals surface area contributed by atoms with Crippen molar-refractivity contribution in [1.29, 1.82) is 0 Å². The van der Waals surface area contributed by atoms with Gasteiger partial charge in [0.2, 0.25) is 17.7 Å². The fourth-order valence-corrected chi connectivity index (χ4v) is 3.95. The number of nitrogens with zero attached hydrogens (tertiary/aromatic N) is 2. The van der Waals surface area contributed by atoms with Crippen LogP contribution in [-0.4, -0.2) is 41.1 Å². The molecule has 3 amide bonds. The summed E-state index contributed by atoms with van der Waals surface area (Å²) in [6.45, 7) is 3.03. The van der Waals surface area contributed by atoms with E-state index in [1.165, 1.54) is 25.2 Å². The van der Waals surface area contributed by atoms with E-state index in [4.69, 9.17) is 0 Å². The van der Waals surface area contributed by atoms with E-state index in [-0.39, 0.29) is 24.7 Å². The van der Waals surface area contributed by atoms with Crippen LogP contribution in [0.1, 0.15) is 43.7 Å². The number of benzene rings is 2. The highest BCUT2D eigenvalue weighted by Crippen LogP contribution is 2.40. The molecular weight excluding hydrogens is 383 g/mol. The van der Waals surface area contributed by atoms with Crippen LogP contribution in [0.4, 0.5) is 4.39 Å². The van der Waals surface area contributed by atoms with Gasteiger partial charge in [-0.2, -0.15) is 0 Å². The number of hydrogen-bond donors (Lipinski definition) is 0. The van der Waals surface area contributed by atoms with Crippen molar-refractivity contribution >= 4 is 17.7 Å². The van der Waals surface area contributed by atoms with Crippen LogP contribution in [-0.2, 0) is 26.3 Å². The van der Waals surface area contributed by atoms with Crippen LogP contribution in [0, 0.1) is 5.82 Å². The topological polar surface area (TPSA) is 57.7 Å². The third-order valence-electron chi connectivity index (χ3n) is 5.72. The maximum atomic E-state index is 14.0. The average molecular weight is 410 g/mol. The van der Waals surface area contributed by atoms with Gasteiger partial charge in [0.15, 0.2) is 0 Å². The molecular formula is C24H27FN2O3. The molecule has 1 unspecified atom stereocenters. The predicted octanol–water partition coefficient (Wildman–Crippen LogP) is 3.67. The molecule has 1 saturated heterocycles. The van der Waals surface area contributed by atoms with Gasteiger partial charge in [0.05, 0.1) is 5.41 Å². The van der Waals surface area contributed by atoms with Crippen LogP contribution in [0.25, 0.3) is 0 Å². The summed E-state index contributed by atoms with van der Waals surface area (Å²) in [6.07, 6.45) is 1.46. The summed E-state index contributed by atoms with van der Waals surface area (Å²) in [7, 11) is 1.41. The first-order chi connectivity index (χ1) is 14.4. The van der Waals surface area contributed by atoms with E-state index in [0.29, 0.717) is 18.7 Å². The van der Waals surface area contributed by atoms with Crippen molar-refractivity contribution in [3.05, 3.63) is 71.5 Å². The Hall–Kier alpha value is -3.02. The molecule has 2 aromatic carbocycles. The van der Waals surface area contributed by atoms with Crippen molar-refractivity contribution in [3.63, 3.8) is 0 Å². The number of likely N-dealkylation sites (tertiary alicyclic amines) is 1. The van der Waals surface area contributed by atoms with Crippen LogP contribution in [0.5, 0.6) is 0 Å². The molecule has 1 aliphatic rings. The lowest BCUT2D eigenvalue weighted by Crippen LogP contribution is -2.43. The molecule has 1 heterocycles. The van der Waals surface area contributed by atoms with Crippen LogP contribution in [0.3, 0.4) is 0 Å². The Balaban J connectivity index is 1.93. The molecule has 5 nitrogen and oxygen atoms in total. The van der Waals surface area contributed by atoms with Gasteiger partial charge in [0.25, 0.3) is 0 Å². The number of rotatable bonds is 8. The van der Waals surface area contributed by atoms with Crippen LogP contribution in [0.15, 0.2) is 54.6 Å². The Morgan fingerprint density at radius 3 is 2.47 bits per heavy atom. The zero-order valence-corrected chi connectivity index (χ0v) is 17.4. The van der Waals surface area contributed by atoms with E-state index < -0.39 is 17.1 Å². The molecule has 6 heteroatoms. The van der Waals surface area contributed by atoms with Gasteiger partial charge >= 0.3 is 0 Å². The fourth-order valence-electron chi connectivity index (χ4n) is 3.95. The maximum absolute atomic E-state index is 14.0. The number of carbonyl (C=O) groups is 3. The van der Waals surface area contributed by atoms with Crippen molar-refractivity contribution in [3.8, 4) is 0 Å². The number of halogens is 1. The smallest absolute Gasteiger partial charge is 0.240 e. The summed E-state index contributed by atoms with van der Waals surface area (Å²) in [5.74, 6) is -1.53. The highest BCUT2D eigenvalue weighted by atomic mass is 19.1. The molecule has 1 aliphatic heterocycles. The minimum absolute atomic E-state index is 0.134. The van der Waals surface area contributed by atoms with E-state index >= 15 is 0 Å². The highest BCUT2D eigenvalue weighted by molar-refractivity contribution is 6.10. The van der Waals surface area contributed by atoms with Gasteiger partial charge < -0.3 is 4.90 Å². The van der Waals surface area contributed by atoms with Crippen molar-refractivity contribution in [2.24, 2.45) is 0 Å². The molecule has 0 aromatic heterocycles. The fraction of sp³-hybridized carbons (Fsp3) is 0.375. The predicted molar refractivity (Wildman–Crippen MR) is 112 cm³/mol. The Morgan fingerprint density at radius 1 is 1.13 bits per heavy atom. The molecule has 0 radical (unpaired) electrons. The van der Waals surface area contributed by atoms with Crippen molar-refractivity contribution in [2.75, 3.05) is 13.6 Å². The first-order valence-corrected chi connectivity index (χ1v) is 10.3. The zero-order valence-electron chi connectivity index (χ0n) is 17.4. The number of imide groups is 1. The molecule has 0 saturated carbocycles. The quantitative estimate of drug-likeness (QED) is 0.624. The third kappa shape index (κ3) is 4.42. The second-order valence-corrected chi connectivity index (χ2v) is 7.86. The number of amides is 3. The van der Waals surface area contributed by atoms with Crippen LogP contribution >= 0.6 is 0 Å². The third-order valence-corrected chi connectivity index (χ3v) is 5.72. The molecule has 1 atom stereocenters. The molecule has 30 heavy (non-hydrogen) atoms. The SMILES string of the molecule is CCCCN(Cc1ccccc1)C(=O)CC1(c2cccc(F)c2)CC(=O)N(C)C1=O. The molecule has 1 fully saturated rings. The lowest BCUT2D eigenvalue weighted by atomic mass is 9.75. The first kappa shape index (κ1) is 21.7. The summed E-state index contributed by atoms with van der Waals surface area (Å²) in [4.78, 5) is 41.6. The summed E-state index contributed by atoms with van der Waals surface area (Å²) in [5.41, 5.74) is -0.00647. The summed E-state index contributed by atoms with van der Waals surface area (Å²) in [5, 5.41) is 0. The van der Waals surface area contributed by atoms with Crippen molar-refractivity contribution < 1.29 is 18.8 Å². The largest absolute Gasteiger partial charge is 0.338 e. The van der Waals surface area contributed by atoms with Crippen LogP contribution < -0.4 is 0 Å². The minimum atomic E-state index is -1.37. The molecule has 158 valence electrons. The normalized spacial score (nSPS) is 18.7. The molecule has 0 spiro atoms. The van der Waals surface area contributed by atoms with Crippen molar-refractivity contribution in [2.45, 2.75) is 44.6 Å². The molecule has 3 rings (SSSR count). The minimum Gasteiger partial charge on any atom is -0.338 e. The van der Waals surface area contributed by atoms with Gasteiger partial charge in [-0.1, -0.05) is 55.8 Å². The molecule has 0 N–H and O–H groups in total. The Bertz CT molecular complexity index is 931. The first-order valence-electron chi connectivity index (χ1n) is 10.3. The second kappa shape index (κ2) is 9.20. The molecule has 0 aliphatic carbocycles. The van der Waals surface area contributed by atoms with Gasteiger partial charge in [-0.25, -0.2) is 4.39 Å². The standard InChI is InChI=1S/C24H27FN2O3/c1-3-4-13-27(17-18-9-6-5-7-10-18)22(29)16-24(15-21(28)26(2)23(24)30)19-11-8-12-20(25)14-19/h5-12,14H,3-4,13,15-17H2,1-2H3. The monoisotopic (exact) mass is 410 g/mol. The van der Waals surface area contributed by atoms with E-state index in [2.05, 4.69) is 0 Å². The van der Waals surface area contributed by atoms with Gasteiger partial charge in [-0.3, -0.25) is 19.3 Å². The van der Waals surface area contributed by atoms with Gasteiger partial charge in [-0.05, 0) is 29.7 Å². The van der Waals surface area contributed by atoms with E-state index in [1.807, 2.05) is 37.3 Å². The Kier molecular flexibility index (Phi) is 6.65. The maximum Gasteiger partial charge on any atom is 0.240 e. The summed E-state index contributed by atoms with van der Waals surface area (Å²) < 4.78 is 14.0. The summed E-state index contributed by atoms with van der Waals surface area (Å²) in [6, 6.07) is 15.3. The lowest BCUT2D eigenvalue weighted by Gasteiger charge is -2.30. The van der Waals surface area contributed by atoms with E-state index in [1.54, 1.807) is 11.0 Å². The molecule has 2 aromatic rings. The number of unbranched alkanes of at least 4 members (excludes halogenated alkanes) is 1. The van der Waals surface area contributed by atoms with Gasteiger partial charge in [0, 0.05) is 33.0 Å². The Labute approximate surface area is 176 Å². The van der Waals surface area contributed by atoms with Crippen LogP contribution in [0.2, 0.25) is 0 Å². The number of likely N-dealkylation sites (N-methyl/N-ethyl adjacent to an activating group) is 1. The summed E-state index contributed by atoms with van der Waals surface area (Å²) >= 11 is 0. The van der Waals surface area contributed by atoms with Gasteiger partial charge in [-0.15, -0.1) is 0 Å². The van der Waals surface area contributed by atoms with E-state index in [0.717, 1.165) is 23.3 Å². The Morgan fingerprint density at radius 2 is 1.87 bits per heavy atom. The number of hydrogen-bond acceptors (Lipinski definition) is 3. The van der Waals surface area contributed by atoms with E-state index in [9.17, 15) is 18.8 Å².